The minimum Gasteiger partial charge on any atom is -0.498 e. The summed E-state index contributed by atoms with van der Waals surface area (Å²) in [5.41, 5.74) is 47.6. The average molecular weight is 1690 g/mol. The van der Waals surface area contributed by atoms with Crippen molar-refractivity contribution in [1.82, 2.24) is 39.1 Å². The predicted molar refractivity (Wildman–Crippen MR) is 494 cm³/mol. The average Bonchev–Trinajstić information content (AvgIpc) is 1.69. The number of Topliss-reactive ketones (excluding diaryl/α,β-unsaturated/α-hetero) is 4. The molecule has 0 saturated heterocycles. The van der Waals surface area contributed by atoms with Gasteiger partial charge in [-0.25, -0.2) is 23.8 Å². The number of carbonyl (C=O) groups excluding carboxylic acids is 4. The minimum absolute atomic E-state index is 0.0109. The number of ketones is 4. The number of methoxy groups -OCH3 is 3. The standard InChI is InChI=1S/C26H21N5O2.C25H18FN5O.2C24H23N5O2/c1-28-25-18-5-4-6-24(33-3)17(18)9-10-19(25)26-21(13-30-31(26)2)15-7-8-16-20(11-15)22(12-27)29-14-23(16)32;1-28-24-16-6-4-3-5-14(16)10-20(26)23(24)25-19(12-30-31(25)2)15-7-8-17-18(9-15)21(11-27)29-13-22(17)32;1-5-14-8-16(31-4)10-19(23(14)26-2)24-20(12-28-29(24)3)15-6-7-17-18(9-15)21(11-25)27-13-22(17)30;1-5-15-22(31-4)9-8-17(23(15)26-2)24-19(12-28-29(24)3)14-6-7-16-18(10-14)20(11-25)27-13-21(16)30/h4-11,13H,12,14,27H2,2-3H3;3-10,12H,11,13,27H2,2H3;2*6-10,12H,5,11,13,25H2,1,3-4H3. The summed E-state index contributed by atoms with van der Waals surface area (Å²) in [5, 5.41) is 20.8. The first-order valence-electron chi connectivity index (χ1n) is 40.6. The summed E-state index contributed by atoms with van der Waals surface area (Å²) >= 11 is 0. The fraction of sp³-hybridized carbons (Fsp3) is 0.192. The lowest BCUT2D eigenvalue weighted by atomic mass is 9.91. The molecule has 0 radical (unpaired) electrons. The highest BCUT2D eigenvalue weighted by Crippen LogP contribution is 2.49. The van der Waals surface area contributed by atoms with Crippen LogP contribution in [0.25, 0.3) is 130 Å². The van der Waals surface area contributed by atoms with Crippen molar-refractivity contribution >= 4 is 90.3 Å². The van der Waals surface area contributed by atoms with Crippen LogP contribution in [0.3, 0.4) is 0 Å². The Kier molecular flexibility index (Phi) is 24.8. The third kappa shape index (κ3) is 15.8. The SMILES string of the molecule is [C-]#[N+]c1c(-c2c(-c3ccc4c(c3)C(CN)=NCC4=O)cnn2C)c(F)cc2ccccc12.[C-]#[N+]c1c(-c2c(-c3ccc4c(c3)C(CN)=NCC4=O)cnn2C)ccc(OC)c1CC.[C-]#[N+]c1c(-c2c(-c3ccc4c(c3)C(CN)=NCC4=O)cnn2C)ccc2c(OC)cccc12.[C-]#[N+]c1c(CC)cc(OC)cc1-c1c(-c2ccc3c(c2)C(CN)=NCC3=O)cnn1C. The molecule has 14 aromatic rings. The number of fused-ring (bicyclic) bond motifs is 6. The fourth-order valence-corrected chi connectivity index (χ4v) is 16.9. The summed E-state index contributed by atoms with van der Waals surface area (Å²) in [5.74, 6) is 1.53. The molecule has 127 heavy (non-hydrogen) atoms. The monoisotopic (exact) mass is 1680 g/mol. The Labute approximate surface area is 731 Å². The zero-order chi connectivity index (χ0) is 89.8. The van der Waals surface area contributed by atoms with Crippen LogP contribution in [0.4, 0.5) is 27.1 Å². The van der Waals surface area contributed by atoms with Crippen molar-refractivity contribution in [2.45, 2.75) is 26.7 Å². The minimum atomic E-state index is -0.489. The lowest BCUT2D eigenvalue weighted by Crippen LogP contribution is -2.24. The zero-order valence-electron chi connectivity index (χ0n) is 71.1. The van der Waals surface area contributed by atoms with Gasteiger partial charge in [-0.15, -0.1) is 0 Å². The van der Waals surface area contributed by atoms with E-state index in [1.807, 2.05) is 175 Å². The normalized spacial score (nSPS) is 12.9. The van der Waals surface area contributed by atoms with E-state index in [1.165, 1.54) is 6.07 Å². The van der Waals surface area contributed by atoms with Crippen LogP contribution in [0.1, 0.15) is 88.7 Å². The lowest BCUT2D eigenvalue weighted by Gasteiger charge is -2.17. The smallest absolute Gasteiger partial charge is 0.207 e. The second-order valence-electron chi connectivity index (χ2n) is 30.0. The van der Waals surface area contributed by atoms with Gasteiger partial charge in [-0.1, -0.05) is 117 Å². The van der Waals surface area contributed by atoms with Crippen molar-refractivity contribution in [2.24, 2.45) is 71.1 Å². The number of nitrogens with zero attached hydrogens (tertiary/aromatic N) is 16. The van der Waals surface area contributed by atoms with E-state index in [4.69, 9.17) is 63.4 Å². The van der Waals surface area contributed by atoms with Gasteiger partial charge >= 0.3 is 0 Å². The topological polar surface area (TPSA) is 338 Å². The van der Waals surface area contributed by atoms with Gasteiger partial charge in [0.15, 0.2) is 28.8 Å². The van der Waals surface area contributed by atoms with E-state index in [1.54, 1.807) is 84.0 Å². The Balaban J connectivity index is 0.000000131. The molecule has 0 bridgehead atoms. The van der Waals surface area contributed by atoms with Crippen molar-refractivity contribution in [3.05, 3.63) is 290 Å². The third-order valence-electron chi connectivity index (χ3n) is 23.2. The number of benzene rings is 10. The molecule has 4 aliphatic heterocycles. The summed E-state index contributed by atoms with van der Waals surface area (Å²) in [6, 6.07) is 48.3. The van der Waals surface area contributed by atoms with Gasteiger partial charge in [-0.3, -0.25) is 57.9 Å². The number of aryl methyl sites for hydroxylation is 5. The molecule has 28 heteroatoms. The molecule has 10 aromatic carbocycles. The molecule has 4 aliphatic rings. The molecule has 4 aromatic heterocycles. The van der Waals surface area contributed by atoms with E-state index in [2.05, 4.69) is 59.7 Å². The molecule has 0 saturated carbocycles. The molecule has 630 valence electrons. The van der Waals surface area contributed by atoms with Crippen LogP contribution in [0.2, 0.25) is 0 Å². The van der Waals surface area contributed by atoms with Crippen molar-refractivity contribution in [1.29, 1.82) is 0 Å². The Bertz CT molecular complexity index is 7230. The van der Waals surface area contributed by atoms with Gasteiger partial charge in [0, 0.05) is 154 Å². The highest BCUT2D eigenvalue weighted by molar-refractivity contribution is 6.20. The first-order valence-corrected chi connectivity index (χ1v) is 40.6. The maximum Gasteiger partial charge on any atom is 0.207 e. The number of hydrogen-bond acceptors (Lipinski definition) is 19. The number of aliphatic imine (C=N–C) groups is 4. The molecule has 0 aliphatic carbocycles. The van der Waals surface area contributed by atoms with Crippen LogP contribution in [0, 0.1) is 32.1 Å². The van der Waals surface area contributed by atoms with Gasteiger partial charge in [0.25, 0.3) is 0 Å². The first kappa shape index (κ1) is 86.0. The highest BCUT2D eigenvalue weighted by atomic mass is 19.1. The van der Waals surface area contributed by atoms with Crippen molar-refractivity contribution < 1.29 is 37.8 Å². The number of aromatic nitrogens is 8. The Morgan fingerprint density at radius 2 is 0.748 bits per heavy atom. The fourth-order valence-electron chi connectivity index (χ4n) is 16.9. The molecule has 0 atom stereocenters. The van der Waals surface area contributed by atoms with Crippen molar-refractivity contribution in [3.63, 3.8) is 0 Å². The van der Waals surface area contributed by atoms with Gasteiger partial charge < -0.3 is 37.1 Å². The van der Waals surface area contributed by atoms with Crippen LogP contribution in [-0.2, 0) is 41.0 Å². The largest absolute Gasteiger partial charge is 0.498 e. The van der Waals surface area contributed by atoms with Gasteiger partial charge in [0.1, 0.15) is 49.2 Å². The number of nitrogens with two attached hydrogens (primary N) is 4. The van der Waals surface area contributed by atoms with E-state index in [-0.39, 0.29) is 86.7 Å². The number of ether oxygens (including phenoxy) is 3. The molecule has 0 spiro atoms. The summed E-state index contributed by atoms with van der Waals surface area (Å²) in [7, 11) is 12.1. The molecule has 0 amide bonds. The summed E-state index contributed by atoms with van der Waals surface area (Å²) in [6.07, 6.45) is 8.38. The Morgan fingerprint density at radius 3 is 1.15 bits per heavy atom. The molecule has 18 rings (SSSR count). The van der Waals surface area contributed by atoms with Crippen LogP contribution >= 0.6 is 0 Å². The molecule has 8 N–H and O–H groups in total. The maximum absolute atomic E-state index is 15.4. The quantitative estimate of drug-likeness (QED) is 0.0616. The van der Waals surface area contributed by atoms with Crippen LogP contribution in [-0.4, -0.2) is 159 Å². The zero-order valence-corrected chi connectivity index (χ0v) is 71.1. The van der Waals surface area contributed by atoms with E-state index in [0.717, 1.165) is 134 Å². The number of rotatable bonds is 17. The van der Waals surface area contributed by atoms with E-state index < -0.39 is 5.82 Å². The van der Waals surface area contributed by atoms with E-state index >= 15 is 4.39 Å². The summed E-state index contributed by atoms with van der Waals surface area (Å²) < 4.78 is 38.7. The number of halogens is 1. The molecular weight excluding hydrogens is 1600 g/mol. The van der Waals surface area contributed by atoms with Gasteiger partial charge in [0.2, 0.25) is 17.1 Å². The van der Waals surface area contributed by atoms with Crippen LogP contribution in [0.15, 0.2) is 202 Å². The van der Waals surface area contributed by atoms with Crippen molar-refractivity contribution in [2.75, 3.05) is 73.7 Å². The highest BCUT2D eigenvalue weighted by Gasteiger charge is 2.31. The molecule has 0 unspecified atom stereocenters. The maximum atomic E-state index is 15.4. The van der Waals surface area contributed by atoms with Gasteiger partial charge in [0.05, 0.1) is 118 Å². The van der Waals surface area contributed by atoms with E-state index in [9.17, 15) is 19.2 Å². The Hall–Kier alpha value is -16.0. The lowest BCUT2D eigenvalue weighted by molar-refractivity contribution is 0.0992. The summed E-state index contributed by atoms with van der Waals surface area (Å²) in [4.78, 5) is 81.7. The predicted octanol–water partition coefficient (Wildman–Crippen LogP) is 16.6. The van der Waals surface area contributed by atoms with Gasteiger partial charge in [-0.2, -0.15) is 20.4 Å². The van der Waals surface area contributed by atoms with Crippen LogP contribution < -0.4 is 37.1 Å². The van der Waals surface area contributed by atoms with Gasteiger partial charge in [-0.05, 0) is 111 Å². The number of hydrogen-bond donors (Lipinski definition) is 4. The molecular formula is C99H85FN20O7. The first-order chi connectivity index (χ1) is 61.6. The molecule has 0 fully saturated rings. The molecule has 8 heterocycles. The third-order valence-corrected chi connectivity index (χ3v) is 23.2. The summed E-state index contributed by atoms with van der Waals surface area (Å²) in [6.45, 7) is 36.8. The van der Waals surface area contributed by atoms with Crippen molar-refractivity contribution in [3.8, 4) is 107 Å². The van der Waals surface area contributed by atoms with E-state index in [0.29, 0.717) is 97.0 Å². The molecule has 27 nitrogen and oxygen atoms in total. The number of carbonyl (C=O) groups is 4. The Morgan fingerprint density at radius 1 is 0.362 bits per heavy atom. The van der Waals surface area contributed by atoms with Crippen LogP contribution in [0.5, 0.6) is 17.2 Å². The second kappa shape index (κ2) is 36.6. The second-order valence-corrected chi connectivity index (χ2v) is 30.0.